The van der Waals surface area contributed by atoms with Crippen LogP contribution < -0.4 is 0 Å². The van der Waals surface area contributed by atoms with Crippen molar-refractivity contribution < 1.29 is 4.79 Å². The van der Waals surface area contributed by atoms with E-state index >= 15 is 0 Å². The summed E-state index contributed by atoms with van der Waals surface area (Å²) in [5.74, 6) is 0.900. The van der Waals surface area contributed by atoms with Crippen LogP contribution in [0.5, 0.6) is 0 Å². The van der Waals surface area contributed by atoms with E-state index in [0.29, 0.717) is 11.8 Å². The zero-order valence-electron chi connectivity index (χ0n) is 7.85. The number of hydrogen-bond donors (Lipinski definition) is 0. The van der Waals surface area contributed by atoms with Gasteiger partial charge in [-0.1, -0.05) is 13.8 Å². The highest BCUT2D eigenvalue weighted by Crippen LogP contribution is 2.52. The van der Waals surface area contributed by atoms with Crippen LogP contribution in [0.3, 0.4) is 0 Å². The maximum absolute atomic E-state index is 11.6. The summed E-state index contributed by atoms with van der Waals surface area (Å²) in [5.41, 5.74) is -0.0231. The maximum atomic E-state index is 11.6. The second-order valence-electron chi connectivity index (χ2n) is 3.84. The van der Waals surface area contributed by atoms with Crippen LogP contribution >= 0.6 is 0 Å². The molecule has 1 amide bonds. The van der Waals surface area contributed by atoms with Crippen LogP contribution in [-0.4, -0.2) is 24.4 Å². The Morgan fingerprint density at radius 3 is 2.45 bits per heavy atom. The van der Waals surface area contributed by atoms with Crippen molar-refractivity contribution in [3.63, 3.8) is 0 Å². The predicted octanol–water partition coefficient (Wildman–Crippen LogP) is 1.51. The van der Waals surface area contributed by atoms with Crippen molar-refractivity contribution in [2.45, 2.75) is 27.2 Å². The van der Waals surface area contributed by atoms with Crippen molar-refractivity contribution in [1.29, 1.82) is 0 Å². The average molecular weight is 155 g/mol. The van der Waals surface area contributed by atoms with Crippen LogP contribution in [0.25, 0.3) is 0 Å². The third kappa shape index (κ3) is 1.26. The van der Waals surface area contributed by atoms with Crippen molar-refractivity contribution in [2.75, 3.05) is 13.6 Å². The van der Waals surface area contributed by atoms with Crippen LogP contribution in [-0.2, 0) is 4.79 Å². The van der Waals surface area contributed by atoms with E-state index in [-0.39, 0.29) is 5.41 Å². The van der Waals surface area contributed by atoms with Crippen molar-refractivity contribution in [3.8, 4) is 0 Å². The van der Waals surface area contributed by atoms with E-state index in [2.05, 4.69) is 13.8 Å². The molecule has 0 heterocycles. The minimum absolute atomic E-state index is 0.0231. The average Bonchev–Trinajstić information content (AvgIpc) is 2.58. The van der Waals surface area contributed by atoms with Gasteiger partial charge in [-0.3, -0.25) is 4.79 Å². The van der Waals surface area contributed by atoms with E-state index in [9.17, 15) is 4.79 Å². The van der Waals surface area contributed by atoms with Gasteiger partial charge in [0.1, 0.15) is 0 Å². The molecule has 0 radical (unpaired) electrons. The molecule has 64 valence electrons. The lowest BCUT2D eigenvalue weighted by Gasteiger charge is -2.19. The van der Waals surface area contributed by atoms with Gasteiger partial charge >= 0.3 is 0 Å². The highest BCUT2D eigenvalue weighted by molar-refractivity contribution is 5.85. The molecule has 2 atom stereocenters. The molecule has 11 heavy (non-hydrogen) atoms. The molecule has 0 spiro atoms. The van der Waals surface area contributed by atoms with Gasteiger partial charge < -0.3 is 4.90 Å². The minimum Gasteiger partial charge on any atom is -0.346 e. The molecule has 1 aliphatic rings. The summed E-state index contributed by atoms with van der Waals surface area (Å²) >= 11 is 0. The molecule has 0 aromatic carbocycles. The van der Waals surface area contributed by atoms with E-state index in [1.54, 1.807) is 0 Å². The highest BCUT2D eigenvalue weighted by Gasteiger charge is 2.53. The largest absolute Gasteiger partial charge is 0.346 e. The molecule has 1 fully saturated rings. The predicted molar refractivity (Wildman–Crippen MR) is 45.2 cm³/mol. The van der Waals surface area contributed by atoms with E-state index in [4.69, 9.17) is 0 Å². The maximum Gasteiger partial charge on any atom is 0.228 e. The van der Waals surface area contributed by atoms with Crippen LogP contribution in [0.1, 0.15) is 27.2 Å². The fraction of sp³-hybridized carbons (Fsp3) is 0.889. The molecule has 2 unspecified atom stereocenters. The Morgan fingerprint density at radius 1 is 1.73 bits per heavy atom. The summed E-state index contributed by atoms with van der Waals surface area (Å²) in [7, 11) is 1.87. The highest BCUT2D eigenvalue weighted by atomic mass is 16.2. The van der Waals surface area contributed by atoms with Gasteiger partial charge in [-0.05, 0) is 19.3 Å². The summed E-state index contributed by atoms with van der Waals surface area (Å²) in [6.07, 6.45) is 1.07. The lowest BCUT2D eigenvalue weighted by atomic mass is 10.1. The molecular formula is C9H17NO. The van der Waals surface area contributed by atoms with E-state index < -0.39 is 0 Å². The van der Waals surface area contributed by atoms with Crippen molar-refractivity contribution in [3.05, 3.63) is 0 Å². The summed E-state index contributed by atoms with van der Waals surface area (Å²) in [6, 6.07) is 0. The first-order valence-corrected chi connectivity index (χ1v) is 4.28. The molecular weight excluding hydrogens is 138 g/mol. The van der Waals surface area contributed by atoms with Crippen molar-refractivity contribution >= 4 is 5.91 Å². The van der Waals surface area contributed by atoms with Crippen molar-refractivity contribution in [1.82, 2.24) is 4.90 Å². The van der Waals surface area contributed by atoms with Gasteiger partial charge in [0.25, 0.3) is 0 Å². The van der Waals surface area contributed by atoms with E-state index in [0.717, 1.165) is 13.0 Å². The molecule has 0 saturated heterocycles. The van der Waals surface area contributed by atoms with Crippen LogP contribution in [0.2, 0.25) is 0 Å². The zero-order valence-corrected chi connectivity index (χ0v) is 7.85. The smallest absolute Gasteiger partial charge is 0.228 e. The zero-order chi connectivity index (χ0) is 8.65. The topological polar surface area (TPSA) is 20.3 Å². The standard InChI is InChI=1S/C9H17NO/c1-5-10(4)8(11)9(3)6-7(9)2/h7H,5-6H2,1-4H3. The first kappa shape index (κ1) is 8.57. The quantitative estimate of drug-likeness (QED) is 0.592. The Balaban J connectivity index is 2.56. The van der Waals surface area contributed by atoms with Gasteiger partial charge in [0.15, 0.2) is 0 Å². The normalized spacial score (nSPS) is 35.1. The number of nitrogens with zero attached hydrogens (tertiary/aromatic N) is 1. The molecule has 0 aromatic heterocycles. The Bertz CT molecular complexity index is 178. The SMILES string of the molecule is CCN(C)C(=O)C1(C)CC1C. The first-order chi connectivity index (χ1) is 5.02. The fourth-order valence-electron chi connectivity index (χ4n) is 1.45. The van der Waals surface area contributed by atoms with Gasteiger partial charge in [0, 0.05) is 19.0 Å². The number of carbonyl (C=O) groups is 1. The Hall–Kier alpha value is -0.530. The summed E-state index contributed by atoms with van der Waals surface area (Å²) in [4.78, 5) is 13.4. The lowest BCUT2D eigenvalue weighted by molar-refractivity contribution is -0.135. The van der Waals surface area contributed by atoms with Gasteiger partial charge in [-0.2, -0.15) is 0 Å². The van der Waals surface area contributed by atoms with E-state index in [1.807, 2.05) is 18.9 Å². The Labute approximate surface area is 68.6 Å². The van der Waals surface area contributed by atoms with Crippen molar-refractivity contribution in [2.24, 2.45) is 11.3 Å². The van der Waals surface area contributed by atoms with E-state index in [1.165, 1.54) is 0 Å². The second-order valence-corrected chi connectivity index (χ2v) is 3.84. The lowest BCUT2D eigenvalue weighted by Crippen LogP contribution is -2.33. The first-order valence-electron chi connectivity index (χ1n) is 4.28. The fourth-order valence-corrected chi connectivity index (χ4v) is 1.45. The molecule has 0 bridgehead atoms. The Kier molecular flexibility index (Phi) is 1.95. The van der Waals surface area contributed by atoms with Gasteiger partial charge in [-0.25, -0.2) is 0 Å². The molecule has 0 aromatic rings. The minimum atomic E-state index is -0.0231. The number of carbonyl (C=O) groups excluding carboxylic acids is 1. The van der Waals surface area contributed by atoms with Gasteiger partial charge in [-0.15, -0.1) is 0 Å². The van der Waals surface area contributed by atoms with Gasteiger partial charge in [0.2, 0.25) is 5.91 Å². The molecule has 2 heteroatoms. The summed E-state index contributed by atoms with van der Waals surface area (Å²) < 4.78 is 0. The van der Waals surface area contributed by atoms with Crippen LogP contribution in [0, 0.1) is 11.3 Å². The monoisotopic (exact) mass is 155 g/mol. The molecule has 2 nitrogen and oxygen atoms in total. The number of amides is 1. The second kappa shape index (κ2) is 2.50. The third-order valence-electron chi connectivity index (χ3n) is 2.97. The molecule has 0 aliphatic heterocycles. The number of rotatable bonds is 2. The molecule has 0 N–H and O–H groups in total. The summed E-state index contributed by atoms with van der Waals surface area (Å²) in [5, 5.41) is 0. The Morgan fingerprint density at radius 2 is 2.18 bits per heavy atom. The van der Waals surface area contributed by atoms with Crippen LogP contribution in [0.4, 0.5) is 0 Å². The van der Waals surface area contributed by atoms with Crippen LogP contribution in [0.15, 0.2) is 0 Å². The molecule has 1 rings (SSSR count). The molecule has 1 aliphatic carbocycles. The summed E-state index contributed by atoms with van der Waals surface area (Å²) in [6.45, 7) is 7.03. The molecule has 1 saturated carbocycles. The number of hydrogen-bond acceptors (Lipinski definition) is 1. The third-order valence-corrected chi connectivity index (χ3v) is 2.97. The van der Waals surface area contributed by atoms with Gasteiger partial charge in [0.05, 0.1) is 0 Å².